The van der Waals surface area contributed by atoms with Gasteiger partial charge in [-0.1, -0.05) is 24.1 Å². The van der Waals surface area contributed by atoms with Crippen molar-refractivity contribution in [1.29, 1.82) is 0 Å². The minimum Gasteiger partial charge on any atom is -0.476 e. The first kappa shape index (κ1) is 28.3. The zero-order valence-corrected chi connectivity index (χ0v) is 24.2. The van der Waals surface area contributed by atoms with Crippen LogP contribution in [0.25, 0.3) is 0 Å². The number of anilines is 1. The summed E-state index contributed by atoms with van der Waals surface area (Å²) in [6.45, 7) is 9.80. The van der Waals surface area contributed by atoms with E-state index in [1.54, 1.807) is 0 Å². The third-order valence-corrected chi connectivity index (χ3v) is 8.32. The summed E-state index contributed by atoms with van der Waals surface area (Å²) in [5.41, 5.74) is 3.77. The first-order valence-electron chi connectivity index (χ1n) is 15.0. The molecular formula is C32H43N5O3. The first-order valence-corrected chi connectivity index (χ1v) is 15.0. The van der Waals surface area contributed by atoms with E-state index >= 15 is 0 Å². The lowest BCUT2D eigenvalue weighted by atomic mass is 9.84. The lowest BCUT2D eigenvalue weighted by Crippen LogP contribution is -2.44. The highest BCUT2D eigenvalue weighted by atomic mass is 16.5. The van der Waals surface area contributed by atoms with Crippen molar-refractivity contribution in [2.75, 3.05) is 31.1 Å². The summed E-state index contributed by atoms with van der Waals surface area (Å²) < 4.78 is 6.11. The number of hydrogen-bond donors (Lipinski definition) is 1. The lowest BCUT2D eigenvalue weighted by molar-refractivity contribution is -0.126. The number of carbonyl (C=O) groups is 2. The molecule has 1 aromatic carbocycles. The van der Waals surface area contributed by atoms with Gasteiger partial charge in [-0.3, -0.25) is 14.5 Å². The Morgan fingerprint density at radius 1 is 1.07 bits per heavy atom. The smallest absolute Gasteiger partial charge is 0.278 e. The van der Waals surface area contributed by atoms with Crippen LogP contribution in [0.2, 0.25) is 0 Å². The largest absolute Gasteiger partial charge is 0.476 e. The monoisotopic (exact) mass is 545 g/mol. The van der Waals surface area contributed by atoms with E-state index in [0.29, 0.717) is 24.5 Å². The zero-order valence-electron chi connectivity index (χ0n) is 24.2. The van der Waals surface area contributed by atoms with Crippen LogP contribution in [-0.2, 0) is 11.2 Å². The number of carbonyl (C=O) groups excluding carboxylic acids is 2. The molecule has 5 rings (SSSR count). The third-order valence-electron chi connectivity index (χ3n) is 8.32. The van der Waals surface area contributed by atoms with Crippen LogP contribution in [0.5, 0.6) is 5.88 Å². The van der Waals surface area contributed by atoms with Crippen molar-refractivity contribution in [3.05, 3.63) is 53.2 Å². The van der Waals surface area contributed by atoms with Crippen LogP contribution < -0.4 is 15.0 Å². The fourth-order valence-corrected chi connectivity index (χ4v) is 6.13. The number of aliphatic imine (C=N–C) groups is 1. The molecule has 0 unspecified atom stereocenters. The van der Waals surface area contributed by atoms with Crippen molar-refractivity contribution in [2.45, 2.75) is 84.2 Å². The topological polar surface area (TPSA) is 87.1 Å². The Bertz CT molecular complexity index is 1210. The predicted molar refractivity (Wildman–Crippen MR) is 158 cm³/mol. The molecule has 1 saturated carbocycles. The van der Waals surface area contributed by atoms with Gasteiger partial charge in [-0.15, -0.1) is 0 Å². The Morgan fingerprint density at radius 3 is 2.50 bits per heavy atom. The maximum absolute atomic E-state index is 13.2. The van der Waals surface area contributed by atoms with Gasteiger partial charge in [0.05, 0.1) is 5.69 Å². The Hall–Kier alpha value is -3.26. The van der Waals surface area contributed by atoms with Gasteiger partial charge in [-0.05, 0) is 84.5 Å². The molecule has 3 heterocycles. The summed E-state index contributed by atoms with van der Waals surface area (Å²) in [4.78, 5) is 39.8. The number of aryl methyl sites for hydroxylation is 1. The summed E-state index contributed by atoms with van der Waals surface area (Å²) in [5, 5.41) is 3.07. The molecule has 0 bridgehead atoms. The highest BCUT2D eigenvalue weighted by Crippen LogP contribution is 2.38. The van der Waals surface area contributed by atoms with Gasteiger partial charge in [0.1, 0.15) is 12.4 Å². The third kappa shape index (κ3) is 6.89. The second kappa shape index (κ2) is 12.9. The van der Waals surface area contributed by atoms with E-state index < -0.39 is 0 Å². The Kier molecular flexibility index (Phi) is 9.15. The number of ether oxygens (including phenoxy) is 1. The summed E-state index contributed by atoms with van der Waals surface area (Å²) in [7, 11) is 0. The van der Waals surface area contributed by atoms with Crippen LogP contribution in [0, 0.1) is 12.8 Å². The molecule has 1 saturated heterocycles. The minimum atomic E-state index is -0.233. The number of amidine groups is 1. The van der Waals surface area contributed by atoms with Crippen molar-refractivity contribution < 1.29 is 14.3 Å². The van der Waals surface area contributed by atoms with Crippen molar-refractivity contribution in [3.63, 3.8) is 0 Å². The molecule has 1 aliphatic carbocycles. The molecule has 0 radical (unpaired) electrons. The number of fused-ring (bicyclic) bond motifs is 1. The van der Waals surface area contributed by atoms with Gasteiger partial charge in [0, 0.05) is 54.4 Å². The quantitative estimate of drug-likeness (QED) is 0.506. The molecule has 0 atom stereocenters. The molecule has 2 amide bonds. The average molecular weight is 546 g/mol. The lowest BCUT2D eigenvalue weighted by Gasteiger charge is -2.36. The van der Waals surface area contributed by atoms with Gasteiger partial charge >= 0.3 is 0 Å². The van der Waals surface area contributed by atoms with Crippen molar-refractivity contribution >= 4 is 23.3 Å². The SMILES string of the molecule is Cc1ccc(C(=O)N=C2Cc3cnc(OCCN4CCCCC4)cc3N2C2CCC(C(=O)NC(C)C)CC2)cc1. The number of nitrogens with zero attached hydrogens (tertiary/aromatic N) is 4. The van der Waals surface area contributed by atoms with Crippen LogP contribution in [0.4, 0.5) is 5.69 Å². The fraction of sp³-hybridized carbons (Fsp3) is 0.562. The van der Waals surface area contributed by atoms with E-state index in [4.69, 9.17) is 4.74 Å². The standard InChI is InChI=1S/C32H43N5O3/c1-22(2)34-31(38)25-11-13-27(14-12-25)37-28-20-30(40-18-17-36-15-5-4-6-16-36)33-21-26(28)19-29(37)35-32(39)24-9-7-23(3)8-10-24/h7-10,20-22,25,27H,4-6,11-19H2,1-3H3,(H,34,38). The number of nitrogens with one attached hydrogen (secondary N) is 1. The normalized spacial score (nSPS) is 22.4. The highest BCUT2D eigenvalue weighted by molar-refractivity contribution is 6.12. The average Bonchev–Trinajstić information content (AvgIpc) is 3.30. The van der Waals surface area contributed by atoms with Crippen molar-refractivity contribution in [2.24, 2.45) is 10.9 Å². The number of hydrogen-bond acceptors (Lipinski definition) is 5. The summed E-state index contributed by atoms with van der Waals surface area (Å²) in [5.74, 6) is 1.30. The molecule has 8 heteroatoms. The molecule has 1 aromatic heterocycles. The van der Waals surface area contributed by atoms with E-state index in [9.17, 15) is 9.59 Å². The first-order chi connectivity index (χ1) is 19.4. The van der Waals surface area contributed by atoms with E-state index in [-0.39, 0.29) is 29.8 Å². The molecule has 1 N–H and O–H groups in total. The van der Waals surface area contributed by atoms with Gasteiger partial charge < -0.3 is 15.0 Å². The fourth-order valence-electron chi connectivity index (χ4n) is 6.13. The summed E-state index contributed by atoms with van der Waals surface area (Å²) in [6, 6.07) is 9.87. The molecular weight excluding hydrogens is 502 g/mol. The van der Waals surface area contributed by atoms with Crippen LogP contribution in [0.1, 0.15) is 80.3 Å². The maximum atomic E-state index is 13.2. The molecule has 8 nitrogen and oxygen atoms in total. The van der Waals surface area contributed by atoms with Gasteiger partial charge in [-0.2, -0.15) is 4.99 Å². The summed E-state index contributed by atoms with van der Waals surface area (Å²) >= 11 is 0. The van der Waals surface area contributed by atoms with E-state index in [1.165, 1.54) is 19.3 Å². The molecule has 2 fully saturated rings. The Labute approximate surface area is 238 Å². The second-order valence-electron chi connectivity index (χ2n) is 11.8. The highest BCUT2D eigenvalue weighted by Gasteiger charge is 2.36. The molecule has 40 heavy (non-hydrogen) atoms. The van der Waals surface area contributed by atoms with Crippen molar-refractivity contribution in [1.82, 2.24) is 15.2 Å². The number of piperidine rings is 1. The maximum Gasteiger partial charge on any atom is 0.278 e. The Balaban J connectivity index is 1.34. The molecule has 0 spiro atoms. The van der Waals surface area contributed by atoms with Gasteiger partial charge in [-0.25, -0.2) is 4.98 Å². The van der Waals surface area contributed by atoms with Crippen LogP contribution in [0.15, 0.2) is 41.5 Å². The van der Waals surface area contributed by atoms with E-state index in [0.717, 1.165) is 68.0 Å². The molecule has 3 aliphatic rings. The minimum absolute atomic E-state index is 0.0291. The second-order valence-corrected chi connectivity index (χ2v) is 11.8. The predicted octanol–water partition coefficient (Wildman–Crippen LogP) is 4.94. The van der Waals surface area contributed by atoms with Crippen LogP contribution in [-0.4, -0.2) is 65.9 Å². The van der Waals surface area contributed by atoms with Crippen molar-refractivity contribution in [3.8, 4) is 5.88 Å². The van der Waals surface area contributed by atoms with E-state index in [2.05, 4.69) is 25.1 Å². The number of rotatable bonds is 8. The molecule has 2 aliphatic heterocycles. The number of benzene rings is 1. The number of likely N-dealkylation sites (tertiary alicyclic amines) is 1. The summed E-state index contributed by atoms with van der Waals surface area (Å²) in [6.07, 6.45) is 9.63. The number of aromatic nitrogens is 1. The van der Waals surface area contributed by atoms with Crippen LogP contribution in [0.3, 0.4) is 0 Å². The van der Waals surface area contributed by atoms with Gasteiger partial charge in [0.2, 0.25) is 11.8 Å². The van der Waals surface area contributed by atoms with E-state index in [1.807, 2.05) is 57.3 Å². The number of pyridine rings is 1. The Morgan fingerprint density at radius 2 is 1.80 bits per heavy atom. The molecule has 214 valence electrons. The zero-order chi connectivity index (χ0) is 28.1. The number of amides is 2. The van der Waals surface area contributed by atoms with Gasteiger partial charge in [0.25, 0.3) is 5.91 Å². The van der Waals surface area contributed by atoms with Crippen LogP contribution >= 0.6 is 0 Å². The molecule has 2 aromatic rings. The van der Waals surface area contributed by atoms with Gasteiger partial charge in [0.15, 0.2) is 0 Å².